The molecule has 1 amide bonds. The number of nitrogens with one attached hydrogen (secondary N) is 1. The fraction of sp³-hybridized carbons (Fsp3) is 0.211. The molecule has 2 aromatic rings. The zero-order valence-electron chi connectivity index (χ0n) is 14.2. The molecule has 0 aliphatic carbocycles. The van der Waals surface area contributed by atoms with Crippen molar-refractivity contribution in [2.24, 2.45) is 0 Å². The normalized spacial score (nSPS) is 10.8. The Morgan fingerprint density at radius 3 is 2.72 bits per heavy atom. The highest BCUT2D eigenvalue weighted by molar-refractivity contribution is 9.10. The number of hydrogen-bond acceptors (Lipinski definition) is 3. The second-order valence-electron chi connectivity index (χ2n) is 5.24. The number of carbonyl (C=O) groups excluding carboxylic acids is 1. The van der Waals surface area contributed by atoms with Crippen molar-refractivity contribution in [2.75, 3.05) is 19.0 Å². The topological polar surface area (TPSA) is 47.6 Å². The van der Waals surface area contributed by atoms with Crippen molar-refractivity contribution in [2.45, 2.75) is 13.8 Å². The van der Waals surface area contributed by atoms with E-state index in [1.165, 1.54) is 13.2 Å². The largest absolute Gasteiger partial charge is 0.495 e. The highest BCUT2D eigenvalue weighted by atomic mass is 79.9. The van der Waals surface area contributed by atoms with E-state index in [0.717, 1.165) is 21.3 Å². The van der Waals surface area contributed by atoms with Gasteiger partial charge in [0.15, 0.2) is 0 Å². The summed E-state index contributed by atoms with van der Waals surface area (Å²) >= 11 is 9.50. The van der Waals surface area contributed by atoms with E-state index in [9.17, 15) is 4.79 Å². The molecule has 4 nitrogen and oxygen atoms in total. The van der Waals surface area contributed by atoms with Gasteiger partial charge in [0.2, 0.25) is 5.91 Å². The van der Waals surface area contributed by atoms with Gasteiger partial charge in [-0.3, -0.25) is 4.79 Å². The SMILES string of the molecule is CCOc1ccc(Br)cc1C=CC(=O)Nc1cc(C)c(Cl)cc1OC. The first-order chi connectivity index (χ1) is 11.9. The van der Waals surface area contributed by atoms with Crippen molar-refractivity contribution < 1.29 is 14.3 Å². The highest BCUT2D eigenvalue weighted by Gasteiger charge is 2.09. The maximum absolute atomic E-state index is 12.3. The molecule has 0 unspecified atom stereocenters. The van der Waals surface area contributed by atoms with Crippen LogP contribution < -0.4 is 14.8 Å². The number of rotatable bonds is 6. The maximum Gasteiger partial charge on any atom is 0.248 e. The lowest BCUT2D eigenvalue weighted by Crippen LogP contribution is -2.09. The number of ether oxygens (including phenoxy) is 2. The lowest BCUT2D eigenvalue weighted by molar-refractivity contribution is -0.111. The third-order valence-electron chi connectivity index (χ3n) is 3.42. The molecule has 132 valence electrons. The number of methoxy groups -OCH3 is 1. The number of anilines is 1. The molecule has 0 atom stereocenters. The van der Waals surface area contributed by atoms with Crippen LogP contribution in [0.25, 0.3) is 6.08 Å². The van der Waals surface area contributed by atoms with Gasteiger partial charge in [-0.1, -0.05) is 27.5 Å². The fourth-order valence-corrected chi connectivity index (χ4v) is 2.74. The minimum absolute atomic E-state index is 0.276. The van der Waals surface area contributed by atoms with E-state index in [2.05, 4.69) is 21.2 Å². The highest BCUT2D eigenvalue weighted by Crippen LogP contribution is 2.31. The van der Waals surface area contributed by atoms with E-state index >= 15 is 0 Å². The Labute approximate surface area is 160 Å². The van der Waals surface area contributed by atoms with Gasteiger partial charge in [0.25, 0.3) is 0 Å². The summed E-state index contributed by atoms with van der Waals surface area (Å²) in [5.41, 5.74) is 2.23. The third kappa shape index (κ3) is 5.25. The lowest BCUT2D eigenvalue weighted by atomic mass is 10.1. The first-order valence-electron chi connectivity index (χ1n) is 7.70. The molecule has 0 aliphatic rings. The molecule has 0 aromatic heterocycles. The van der Waals surface area contributed by atoms with Crippen LogP contribution in [-0.2, 0) is 4.79 Å². The molecule has 0 aliphatic heterocycles. The van der Waals surface area contributed by atoms with E-state index in [4.69, 9.17) is 21.1 Å². The monoisotopic (exact) mass is 423 g/mol. The summed E-state index contributed by atoms with van der Waals surface area (Å²) in [6, 6.07) is 9.09. The first kappa shape index (κ1) is 19.3. The summed E-state index contributed by atoms with van der Waals surface area (Å²) in [4.78, 5) is 12.3. The zero-order valence-corrected chi connectivity index (χ0v) is 16.6. The van der Waals surface area contributed by atoms with Crippen LogP contribution in [0.5, 0.6) is 11.5 Å². The first-order valence-corrected chi connectivity index (χ1v) is 8.87. The minimum atomic E-state index is -0.276. The lowest BCUT2D eigenvalue weighted by Gasteiger charge is -2.11. The second-order valence-corrected chi connectivity index (χ2v) is 6.56. The van der Waals surface area contributed by atoms with Crippen LogP contribution in [0.15, 0.2) is 40.9 Å². The minimum Gasteiger partial charge on any atom is -0.495 e. The van der Waals surface area contributed by atoms with Gasteiger partial charge in [-0.2, -0.15) is 0 Å². The van der Waals surface area contributed by atoms with Crippen LogP contribution in [0.3, 0.4) is 0 Å². The van der Waals surface area contributed by atoms with Crippen LogP contribution in [0, 0.1) is 6.92 Å². The van der Waals surface area contributed by atoms with Crippen LogP contribution >= 0.6 is 27.5 Å². The molecular weight excluding hydrogens is 406 g/mol. The van der Waals surface area contributed by atoms with E-state index in [0.29, 0.717) is 23.1 Å². The smallest absolute Gasteiger partial charge is 0.248 e. The Kier molecular flexibility index (Phi) is 6.91. The van der Waals surface area contributed by atoms with Crippen LogP contribution in [-0.4, -0.2) is 19.6 Å². The number of aryl methyl sites for hydroxylation is 1. The molecule has 0 bridgehead atoms. The maximum atomic E-state index is 12.3. The van der Waals surface area contributed by atoms with Gasteiger partial charge in [-0.25, -0.2) is 0 Å². The van der Waals surface area contributed by atoms with Crippen molar-refractivity contribution in [1.29, 1.82) is 0 Å². The number of benzene rings is 2. The van der Waals surface area contributed by atoms with Crippen LogP contribution in [0.1, 0.15) is 18.1 Å². The predicted molar refractivity (Wildman–Crippen MR) is 106 cm³/mol. The van der Waals surface area contributed by atoms with Crippen molar-refractivity contribution in [3.8, 4) is 11.5 Å². The Morgan fingerprint density at radius 2 is 2.04 bits per heavy atom. The zero-order chi connectivity index (χ0) is 18.4. The average molecular weight is 425 g/mol. The number of amides is 1. The standard InChI is InChI=1S/C19H19BrClNO3/c1-4-25-17-7-6-14(20)10-13(17)5-8-19(23)22-16-9-12(2)15(21)11-18(16)24-3/h5-11H,4H2,1-3H3,(H,22,23). The average Bonchev–Trinajstić information content (AvgIpc) is 2.58. The summed E-state index contributed by atoms with van der Waals surface area (Å²) in [6.45, 7) is 4.33. The van der Waals surface area contributed by atoms with Crippen LogP contribution in [0.2, 0.25) is 5.02 Å². The summed E-state index contributed by atoms with van der Waals surface area (Å²) in [7, 11) is 1.53. The molecule has 0 saturated heterocycles. The molecule has 0 radical (unpaired) electrons. The van der Waals surface area contributed by atoms with Crippen molar-refractivity contribution in [3.05, 3.63) is 57.0 Å². The van der Waals surface area contributed by atoms with Gasteiger partial charge in [0, 0.05) is 27.2 Å². The molecule has 25 heavy (non-hydrogen) atoms. The van der Waals surface area contributed by atoms with Crippen LogP contribution in [0.4, 0.5) is 5.69 Å². The fourth-order valence-electron chi connectivity index (χ4n) is 2.21. The molecular formula is C19H19BrClNO3. The van der Waals surface area contributed by atoms with E-state index < -0.39 is 0 Å². The Bertz CT molecular complexity index is 805. The van der Waals surface area contributed by atoms with E-state index in [1.807, 2.05) is 32.0 Å². The molecule has 2 aromatic carbocycles. The van der Waals surface area contributed by atoms with Gasteiger partial charge >= 0.3 is 0 Å². The predicted octanol–water partition coefficient (Wildman–Crippen LogP) is 5.47. The van der Waals surface area contributed by atoms with E-state index in [1.54, 1.807) is 18.2 Å². The van der Waals surface area contributed by atoms with E-state index in [-0.39, 0.29) is 5.91 Å². The Hall–Kier alpha value is -1.98. The number of carbonyl (C=O) groups is 1. The van der Waals surface area contributed by atoms with Crippen molar-refractivity contribution >= 4 is 45.2 Å². The Morgan fingerprint density at radius 1 is 1.28 bits per heavy atom. The summed E-state index contributed by atoms with van der Waals surface area (Å²) in [5.74, 6) is 0.951. The molecule has 0 spiro atoms. The van der Waals surface area contributed by atoms with Gasteiger partial charge < -0.3 is 14.8 Å². The molecule has 0 saturated carbocycles. The second kappa shape index (κ2) is 8.92. The third-order valence-corrected chi connectivity index (χ3v) is 4.33. The molecule has 6 heteroatoms. The summed E-state index contributed by atoms with van der Waals surface area (Å²) in [6.07, 6.45) is 3.16. The van der Waals surface area contributed by atoms with Gasteiger partial charge in [0.05, 0.1) is 19.4 Å². The quantitative estimate of drug-likeness (QED) is 0.625. The van der Waals surface area contributed by atoms with Gasteiger partial charge in [0.1, 0.15) is 11.5 Å². The van der Waals surface area contributed by atoms with Gasteiger partial charge in [-0.05, 0) is 49.8 Å². The molecule has 0 heterocycles. The number of hydrogen-bond donors (Lipinski definition) is 1. The van der Waals surface area contributed by atoms with Gasteiger partial charge in [-0.15, -0.1) is 0 Å². The van der Waals surface area contributed by atoms with Crippen molar-refractivity contribution in [1.82, 2.24) is 0 Å². The molecule has 1 N–H and O–H groups in total. The molecule has 0 fully saturated rings. The summed E-state index contributed by atoms with van der Waals surface area (Å²) < 4.78 is 11.7. The van der Waals surface area contributed by atoms with Crippen molar-refractivity contribution in [3.63, 3.8) is 0 Å². The number of halogens is 2. The molecule has 2 rings (SSSR count). The summed E-state index contributed by atoms with van der Waals surface area (Å²) in [5, 5.41) is 3.39. The Balaban J connectivity index is 2.19.